The third kappa shape index (κ3) is 3.91. The van der Waals surface area contributed by atoms with E-state index in [2.05, 4.69) is 20.6 Å². The van der Waals surface area contributed by atoms with Gasteiger partial charge in [-0.2, -0.15) is 0 Å². The first-order valence-electron chi connectivity index (χ1n) is 7.56. The maximum absolute atomic E-state index is 12.0. The molecule has 2 amide bonds. The highest BCUT2D eigenvalue weighted by Gasteiger charge is 2.23. The first-order valence-corrected chi connectivity index (χ1v) is 7.56. The Morgan fingerprint density at radius 2 is 2.43 bits per heavy atom. The van der Waals surface area contributed by atoms with E-state index in [1.54, 1.807) is 24.8 Å². The molecule has 0 bridgehead atoms. The topological polar surface area (TPSA) is 103 Å². The number of nitrogens with one attached hydrogen (secondary N) is 3. The van der Waals surface area contributed by atoms with E-state index in [9.17, 15) is 9.59 Å². The number of aromatic amines is 1. The fourth-order valence-corrected chi connectivity index (χ4v) is 2.67. The molecule has 1 saturated heterocycles. The van der Waals surface area contributed by atoms with Crippen LogP contribution in [0, 0.1) is 0 Å². The van der Waals surface area contributed by atoms with E-state index in [-0.39, 0.29) is 17.6 Å². The monoisotopic (exact) mass is 317 g/mol. The lowest BCUT2D eigenvalue weighted by Crippen LogP contribution is -2.51. The quantitative estimate of drug-likeness (QED) is 0.775. The van der Waals surface area contributed by atoms with Crippen molar-refractivity contribution in [2.45, 2.75) is 25.4 Å². The average Bonchev–Trinajstić information content (AvgIpc) is 3.07. The molecule has 3 rings (SSSR count). The van der Waals surface area contributed by atoms with Crippen molar-refractivity contribution in [3.05, 3.63) is 46.9 Å². The summed E-state index contributed by atoms with van der Waals surface area (Å²) in [5.74, 6) is 0.401. The number of piperidine rings is 1. The van der Waals surface area contributed by atoms with E-state index < -0.39 is 0 Å². The van der Waals surface area contributed by atoms with E-state index in [0.29, 0.717) is 18.9 Å². The van der Waals surface area contributed by atoms with Crippen LogP contribution < -0.4 is 21.1 Å². The predicted molar refractivity (Wildman–Crippen MR) is 84.2 cm³/mol. The van der Waals surface area contributed by atoms with Gasteiger partial charge in [0, 0.05) is 43.6 Å². The summed E-state index contributed by atoms with van der Waals surface area (Å²) in [6.45, 7) is 1.74. The molecule has 1 aliphatic rings. The highest BCUT2D eigenvalue weighted by molar-refractivity contribution is 5.74. The molecular formula is C15H19N5O3. The summed E-state index contributed by atoms with van der Waals surface area (Å²) in [6, 6.07) is 1.55. The fourth-order valence-electron chi connectivity index (χ4n) is 2.67. The molecule has 23 heavy (non-hydrogen) atoms. The highest BCUT2D eigenvalue weighted by atomic mass is 16.3. The van der Waals surface area contributed by atoms with Gasteiger partial charge in [0.25, 0.3) is 5.56 Å². The summed E-state index contributed by atoms with van der Waals surface area (Å²) in [5, 5.41) is 5.72. The molecule has 8 nitrogen and oxygen atoms in total. The number of aromatic nitrogens is 2. The number of carbonyl (C=O) groups excluding carboxylic acids is 1. The molecule has 1 atom stereocenters. The van der Waals surface area contributed by atoms with E-state index >= 15 is 0 Å². The highest BCUT2D eigenvalue weighted by Crippen LogP contribution is 2.14. The Bertz CT molecular complexity index is 697. The van der Waals surface area contributed by atoms with E-state index in [1.165, 1.54) is 6.20 Å². The second-order valence-electron chi connectivity index (χ2n) is 5.49. The minimum Gasteiger partial charge on any atom is -0.472 e. The second-order valence-corrected chi connectivity index (χ2v) is 5.49. The van der Waals surface area contributed by atoms with Crippen molar-refractivity contribution in [3.63, 3.8) is 0 Å². The Labute approximate surface area is 132 Å². The first-order chi connectivity index (χ1) is 11.2. The van der Waals surface area contributed by atoms with Gasteiger partial charge in [-0.1, -0.05) is 0 Å². The Kier molecular flexibility index (Phi) is 4.60. The molecule has 2 aromatic rings. The van der Waals surface area contributed by atoms with Crippen LogP contribution >= 0.6 is 0 Å². The fraction of sp³-hybridized carbons (Fsp3) is 0.400. The van der Waals surface area contributed by atoms with Gasteiger partial charge in [-0.15, -0.1) is 0 Å². The van der Waals surface area contributed by atoms with Gasteiger partial charge >= 0.3 is 6.03 Å². The van der Waals surface area contributed by atoms with Gasteiger partial charge in [-0.05, 0) is 18.9 Å². The summed E-state index contributed by atoms with van der Waals surface area (Å²) < 4.78 is 4.95. The van der Waals surface area contributed by atoms with Gasteiger partial charge in [0.15, 0.2) is 5.82 Å². The molecule has 1 unspecified atom stereocenters. The number of hydrogen-bond acceptors (Lipinski definition) is 5. The number of hydrogen-bond donors (Lipinski definition) is 3. The van der Waals surface area contributed by atoms with E-state index in [1.807, 2.05) is 4.90 Å². The van der Waals surface area contributed by atoms with Gasteiger partial charge in [-0.3, -0.25) is 4.79 Å². The van der Waals surface area contributed by atoms with Crippen molar-refractivity contribution in [2.75, 3.05) is 18.0 Å². The Balaban J connectivity index is 1.53. The van der Waals surface area contributed by atoms with Crippen molar-refractivity contribution in [3.8, 4) is 0 Å². The van der Waals surface area contributed by atoms with Crippen LogP contribution in [0.5, 0.6) is 0 Å². The zero-order chi connectivity index (χ0) is 16.1. The molecular weight excluding hydrogens is 298 g/mol. The maximum atomic E-state index is 12.0. The van der Waals surface area contributed by atoms with Crippen molar-refractivity contribution in [1.29, 1.82) is 0 Å². The zero-order valence-corrected chi connectivity index (χ0v) is 12.6. The van der Waals surface area contributed by atoms with Gasteiger partial charge < -0.3 is 24.9 Å². The van der Waals surface area contributed by atoms with Crippen molar-refractivity contribution >= 4 is 11.8 Å². The minimum atomic E-state index is -0.229. The molecule has 2 aromatic heterocycles. The normalized spacial score (nSPS) is 17.7. The number of anilines is 1. The largest absolute Gasteiger partial charge is 0.472 e. The molecule has 3 N–H and O–H groups in total. The van der Waals surface area contributed by atoms with Crippen LogP contribution in [0.2, 0.25) is 0 Å². The summed E-state index contributed by atoms with van der Waals surface area (Å²) in [4.78, 5) is 32.4. The third-order valence-electron chi connectivity index (χ3n) is 3.78. The maximum Gasteiger partial charge on any atom is 0.315 e. The molecule has 122 valence electrons. The minimum absolute atomic E-state index is 0.0190. The second kappa shape index (κ2) is 6.99. The SMILES string of the molecule is O=C(NCc1ccoc1)NC1CCCN(c2ncc[nH]c2=O)C1. The number of amides is 2. The Hall–Kier alpha value is -2.77. The van der Waals surface area contributed by atoms with Gasteiger partial charge in [-0.25, -0.2) is 9.78 Å². The zero-order valence-electron chi connectivity index (χ0n) is 12.6. The van der Waals surface area contributed by atoms with Crippen molar-refractivity contribution < 1.29 is 9.21 Å². The molecule has 1 fully saturated rings. The third-order valence-corrected chi connectivity index (χ3v) is 3.78. The van der Waals surface area contributed by atoms with Crippen LogP contribution in [0.3, 0.4) is 0 Å². The molecule has 8 heteroatoms. The van der Waals surface area contributed by atoms with E-state index in [4.69, 9.17) is 4.42 Å². The van der Waals surface area contributed by atoms with Crippen LogP contribution in [-0.4, -0.2) is 35.1 Å². The molecule has 0 aliphatic carbocycles. The smallest absolute Gasteiger partial charge is 0.315 e. The Morgan fingerprint density at radius 1 is 1.52 bits per heavy atom. The predicted octanol–water partition coefficient (Wildman–Crippen LogP) is 0.831. The lowest BCUT2D eigenvalue weighted by molar-refractivity contribution is 0.234. The Morgan fingerprint density at radius 3 is 3.22 bits per heavy atom. The van der Waals surface area contributed by atoms with Crippen LogP contribution in [0.15, 0.2) is 40.2 Å². The van der Waals surface area contributed by atoms with Gasteiger partial charge in [0.1, 0.15) is 0 Å². The van der Waals surface area contributed by atoms with Crippen molar-refractivity contribution in [2.24, 2.45) is 0 Å². The number of nitrogens with zero attached hydrogens (tertiary/aromatic N) is 2. The van der Waals surface area contributed by atoms with Gasteiger partial charge in [0.2, 0.25) is 0 Å². The number of carbonyl (C=O) groups is 1. The molecule has 3 heterocycles. The van der Waals surface area contributed by atoms with Gasteiger partial charge in [0.05, 0.1) is 12.5 Å². The molecule has 0 saturated carbocycles. The van der Waals surface area contributed by atoms with Crippen molar-refractivity contribution in [1.82, 2.24) is 20.6 Å². The summed E-state index contributed by atoms with van der Waals surface area (Å²) in [7, 11) is 0. The summed E-state index contributed by atoms with van der Waals surface area (Å²) >= 11 is 0. The van der Waals surface area contributed by atoms with E-state index in [0.717, 1.165) is 24.9 Å². The van der Waals surface area contributed by atoms with Crippen LogP contribution in [0.4, 0.5) is 10.6 Å². The van der Waals surface area contributed by atoms with Crippen LogP contribution in [0.1, 0.15) is 18.4 Å². The van der Waals surface area contributed by atoms with Crippen LogP contribution in [-0.2, 0) is 6.54 Å². The number of furan rings is 1. The number of urea groups is 1. The molecule has 1 aliphatic heterocycles. The molecule has 0 aromatic carbocycles. The summed E-state index contributed by atoms with van der Waals surface area (Å²) in [5.41, 5.74) is 0.697. The van der Waals surface area contributed by atoms with Crippen LogP contribution in [0.25, 0.3) is 0 Å². The first kappa shape index (κ1) is 15.1. The lowest BCUT2D eigenvalue weighted by Gasteiger charge is -2.33. The number of H-pyrrole nitrogens is 1. The number of rotatable bonds is 4. The summed E-state index contributed by atoms with van der Waals surface area (Å²) in [6.07, 6.45) is 8.00. The lowest BCUT2D eigenvalue weighted by atomic mass is 10.1. The average molecular weight is 317 g/mol. The molecule has 0 radical (unpaired) electrons. The molecule has 0 spiro atoms. The standard InChI is InChI=1S/C15H19N5O3/c21-14-13(16-4-5-17-14)20-6-1-2-12(9-20)19-15(22)18-8-11-3-7-23-10-11/h3-5,7,10,12H,1-2,6,8-9H2,(H,17,21)(H2,18,19,22).